The number of hydrogen-bond acceptors (Lipinski definition) is 3. The fraction of sp³-hybridized carbons (Fsp3) is 0.0714. The molecule has 0 atom stereocenters. The van der Waals surface area contributed by atoms with Crippen LogP contribution in [-0.4, -0.2) is 21.7 Å². The average molecular weight is 433 g/mol. The van der Waals surface area contributed by atoms with Crippen molar-refractivity contribution in [3.8, 4) is 5.75 Å². The molecule has 0 unspecified atom stereocenters. The van der Waals surface area contributed by atoms with Crippen LogP contribution in [0.1, 0.15) is 5.56 Å². The predicted molar refractivity (Wildman–Crippen MR) is 89.6 cm³/mol. The molecule has 110 valence electrons. The number of benzene rings is 2. The first-order chi connectivity index (χ1) is 9.94. The maximum absolute atomic E-state index is 12.1. The van der Waals surface area contributed by atoms with Gasteiger partial charge in [-0.05, 0) is 61.7 Å². The maximum Gasteiger partial charge on any atom is 0.282 e. The predicted octanol–water partition coefficient (Wildman–Crippen LogP) is 4.03. The van der Waals surface area contributed by atoms with E-state index in [2.05, 4.69) is 36.3 Å². The zero-order valence-electron chi connectivity index (χ0n) is 11.0. The molecular formula is C14H11Br2NO3S. The summed E-state index contributed by atoms with van der Waals surface area (Å²) >= 11 is 6.71. The summed E-state index contributed by atoms with van der Waals surface area (Å²) in [6.45, 7) is 0. The average Bonchev–Trinajstić information content (AvgIpc) is 2.46. The number of rotatable bonds is 4. The summed E-state index contributed by atoms with van der Waals surface area (Å²) in [7, 11) is -2.14. The molecule has 0 radical (unpaired) electrons. The molecule has 0 aliphatic rings. The second-order valence-electron chi connectivity index (χ2n) is 4.04. The molecule has 0 N–H and O–H groups in total. The van der Waals surface area contributed by atoms with Crippen LogP contribution in [0.4, 0.5) is 0 Å². The largest absolute Gasteiger partial charge is 0.494 e. The van der Waals surface area contributed by atoms with E-state index in [0.717, 1.165) is 0 Å². The van der Waals surface area contributed by atoms with Crippen molar-refractivity contribution in [2.75, 3.05) is 7.11 Å². The minimum Gasteiger partial charge on any atom is -0.494 e. The van der Waals surface area contributed by atoms with Crippen molar-refractivity contribution in [1.29, 1.82) is 0 Å². The number of sulfonamides is 1. The van der Waals surface area contributed by atoms with Crippen molar-refractivity contribution >= 4 is 48.1 Å². The summed E-state index contributed by atoms with van der Waals surface area (Å²) in [5.74, 6) is 0.637. The highest BCUT2D eigenvalue weighted by atomic mass is 79.9. The lowest BCUT2D eigenvalue weighted by atomic mass is 10.2. The van der Waals surface area contributed by atoms with Crippen molar-refractivity contribution < 1.29 is 13.2 Å². The molecule has 2 rings (SSSR count). The molecule has 0 aliphatic heterocycles. The van der Waals surface area contributed by atoms with Crippen molar-refractivity contribution in [1.82, 2.24) is 0 Å². The Morgan fingerprint density at radius 2 is 1.67 bits per heavy atom. The quantitative estimate of drug-likeness (QED) is 0.685. The molecule has 2 aromatic rings. The van der Waals surface area contributed by atoms with E-state index >= 15 is 0 Å². The summed E-state index contributed by atoms with van der Waals surface area (Å²) in [5.41, 5.74) is 0.633. The normalized spacial score (nSPS) is 11.8. The molecule has 0 aliphatic carbocycles. The van der Waals surface area contributed by atoms with Crippen LogP contribution in [0.2, 0.25) is 0 Å². The van der Waals surface area contributed by atoms with Gasteiger partial charge in [0.05, 0.1) is 21.0 Å². The first-order valence-electron chi connectivity index (χ1n) is 5.82. The van der Waals surface area contributed by atoms with Crippen LogP contribution in [0.15, 0.2) is 60.7 Å². The Bertz CT molecular complexity index is 751. The molecular weight excluding hydrogens is 422 g/mol. The van der Waals surface area contributed by atoms with E-state index < -0.39 is 10.0 Å². The molecule has 0 amide bonds. The monoisotopic (exact) mass is 431 g/mol. The van der Waals surface area contributed by atoms with Crippen molar-refractivity contribution in [3.05, 3.63) is 57.0 Å². The molecule has 0 bridgehead atoms. The zero-order valence-corrected chi connectivity index (χ0v) is 14.9. The van der Waals surface area contributed by atoms with Crippen molar-refractivity contribution in [2.24, 2.45) is 4.40 Å². The van der Waals surface area contributed by atoms with Crippen LogP contribution >= 0.6 is 31.9 Å². The van der Waals surface area contributed by atoms with Crippen LogP contribution in [0.3, 0.4) is 0 Å². The second kappa shape index (κ2) is 6.72. The standard InChI is InChI=1S/C14H11Br2NO3S/c1-20-14-12(15)7-10(8-13(14)16)9-17-21(18,19)11-5-3-2-4-6-11/h2-9H,1H3/b17-9-. The molecule has 21 heavy (non-hydrogen) atoms. The highest BCUT2D eigenvalue weighted by molar-refractivity contribution is 9.11. The third kappa shape index (κ3) is 3.93. The van der Waals surface area contributed by atoms with Gasteiger partial charge in [0.2, 0.25) is 0 Å². The van der Waals surface area contributed by atoms with Gasteiger partial charge in [-0.15, -0.1) is 0 Å². The van der Waals surface area contributed by atoms with Gasteiger partial charge in [-0.1, -0.05) is 18.2 Å². The van der Waals surface area contributed by atoms with E-state index in [4.69, 9.17) is 4.74 Å². The highest BCUT2D eigenvalue weighted by Gasteiger charge is 2.11. The minimum atomic E-state index is -3.69. The van der Waals surface area contributed by atoms with Crippen LogP contribution in [0.5, 0.6) is 5.75 Å². The highest BCUT2D eigenvalue weighted by Crippen LogP contribution is 2.34. The maximum atomic E-state index is 12.1. The molecule has 0 saturated carbocycles. The fourth-order valence-electron chi connectivity index (χ4n) is 1.63. The van der Waals surface area contributed by atoms with Crippen molar-refractivity contribution in [2.45, 2.75) is 4.90 Å². The second-order valence-corrected chi connectivity index (χ2v) is 7.38. The Morgan fingerprint density at radius 3 is 2.19 bits per heavy atom. The molecule has 0 saturated heterocycles. The topological polar surface area (TPSA) is 55.7 Å². The molecule has 0 spiro atoms. The first-order valence-corrected chi connectivity index (χ1v) is 8.85. The minimum absolute atomic E-state index is 0.160. The number of ether oxygens (including phenoxy) is 1. The van der Waals surface area contributed by atoms with E-state index in [0.29, 0.717) is 20.3 Å². The summed E-state index contributed by atoms with van der Waals surface area (Å²) in [6.07, 6.45) is 1.30. The lowest BCUT2D eigenvalue weighted by Crippen LogP contribution is -1.97. The Hall–Kier alpha value is -1.18. The molecule has 2 aromatic carbocycles. The number of nitrogens with zero attached hydrogens (tertiary/aromatic N) is 1. The van der Waals surface area contributed by atoms with E-state index in [1.807, 2.05) is 0 Å². The van der Waals surface area contributed by atoms with Gasteiger partial charge in [0, 0.05) is 6.21 Å². The van der Waals surface area contributed by atoms with E-state index in [1.54, 1.807) is 37.4 Å². The van der Waals surface area contributed by atoms with Gasteiger partial charge in [0.1, 0.15) is 5.75 Å². The van der Waals surface area contributed by atoms with Gasteiger partial charge < -0.3 is 4.74 Å². The summed E-state index contributed by atoms with van der Waals surface area (Å²) in [6, 6.07) is 11.5. The number of hydrogen-bond donors (Lipinski definition) is 0. The Balaban J connectivity index is 2.34. The Labute approximate surface area is 140 Å². The van der Waals surface area contributed by atoms with Gasteiger partial charge in [0.25, 0.3) is 10.0 Å². The third-order valence-corrected chi connectivity index (χ3v) is 5.04. The lowest BCUT2D eigenvalue weighted by Gasteiger charge is -2.06. The van der Waals surface area contributed by atoms with Gasteiger partial charge in [-0.2, -0.15) is 12.8 Å². The van der Waals surface area contributed by atoms with Gasteiger partial charge in [0.15, 0.2) is 0 Å². The summed E-state index contributed by atoms with van der Waals surface area (Å²) in [5, 5.41) is 0. The smallest absolute Gasteiger partial charge is 0.282 e. The Kier molecular flexibility index (Phi) is 5.18. The first kappa shape index (κ1) is 16.2. The van der Waals surface area contributed by atoms with Crippen LogP contribution in [0.25, 0.3) is 0 Å². The molecule has 0 heterocycles. The van der Waals surface area contributed by atoms with Gasteiger partial charge in [-0.25, -0.2) is 0 Å². The third-order valence-electron chi connectivity index (χ3n) is 2.61. The SMILES string of the molecule is COc1c(Br)cc(/C=N\S(=O)(=O)c2ccccc2)cc1Br. The number of methoxy groups -OCH3 is 1. The summed E-state index contributed by atoms with van der Waals surface area (Å²) < 4.78 is 34.4. The molecule has 0 fully saturated rings. The van der Waals surface area contributed by atoms with Crippen molar-refractivity contribution in [3.63, 3.8) is 0 Å². The molecule has 7 heteroatoms. The van der Waals surface area contributed by atoms with E-state index in [1.165, 1.54) is 18.3 Å². The van der Waals surface area contributed by atoms with Crippen LogP contribution < -0.4 is 4.74 Å². The van der Waals surface area contributed by atoms with Gasteiger partial charge in [-0.3, -0.25) is 0 Å². The van der Waals surface area contributed by atoms with E-state index in [9.17, 15) is 8.42 Å². The number of halogens is 2. The van der Waals surface area contributed by atoms with Crippen LogP contribution in [-0.2, 0) is 10.0 Å². The lowest BCUT2D eigenvalue weighted by molar-refractivity contribution is 0.409. The zero-order chi connectivity index (χ0) is 15.5. The molecule has 4 nitrogen and oxygen atoms in total. The molecule has 0 aromatic heterocycles. The fourth-order valence-corrected chi connectivity index (χ4v) is 4.06. The van der Waals surface area contributed by atoms with Gasteiger partial charge >= 0.3 is 0 Å². The van der Waals surface area contributed by atoms with Crippen LogP contribution in [0, 0.1) is 0 Å². The van der Waals surface area contributed by atoms with E-state index in [-0.39, 0.29) is 4.90 Å². The Morgan fingerprint density at radius 1 is 1.10 bits per heavy atom. The summed E-state index contributed by atoms with van der Waals surface area (Å²) in [4.78, 5) is 0.160.